The number of rotatable bonds is 11. The lowest BCUT2D eigenvalue weighted by Gasteiger charge is -2.19. The lowest BCUT2D eigenvalue weighted by Crippen LogP contribution is -2.22. The molecule has 1 aromatic carbocycles. The predicted molar refractivity (Wildman–Crippen MR) is 101 cm³/mol. The Kier molecular flexibility index (Phi) is 7.98. The highest BCUT2D eigenvalue weighted by Crippen LogP contribution is 2.24. The van der Waals surface area contributed by atoms with Gasteiger partial charge in [0.25, 0.3) is 0 Å². The van der Waals surface area contributed by atoms with Crippen LogP contribution >= 0.6 is 0 Å². The Bertz CT molecular complexity index is 616. The van der Waals surface area contributed by atoms with Gasteiger partial charge in [-0.3, -0.25) is 0 Å². The summed E-state index contributed by atoms with van der Waals surface area (Å²) in [4.78, 5) is 8.29. The van der Waals surface area contributed by atoms with Gasteiger partial charge in [-0.1, -0.05) is 43.7 Å². The number of nitrogens with two attached hydrogens (primary N) is 1. The average molecular weight is 344 g/mol. The Labute approximate surface area is 149 Å². The third-order valence-electron chi connectivity index (χ3n) is 3.94. The van der Waals surface area contributed by atoms with E-state index in [1.54, 1.807) is 6.20 Å². The van der Waals surface area contributed by atoms with Crippen LogP contribution in [0.2, 0.25) is 0 Å². The van der Waals surface area contributed by atoms with Crippen molar-refractivity contribution in [3.63, 3.8) is 0 Å². The Morgan fingerprint density at radius 2 is 2.04 bits per heavy atom. The van der Waals surface area contributed by atoms with E-state index in [1.807, 2.05) is 18.2 Å². The number of aromatic nitrogens is 2. The van der Waals surface area contributed by atoms with Gasteiger partial charge in [-0.2, -0.15) is 4.98 Å². The van der Waals surface area contributed by atoms with Crippen LogP contribution in [0.1, 0.15) is 38.2 Å². The lowest BCUT2D eigenvalue weighted by atomic mass is 10.1. The maximum atomic E-state index is 9.22. The van der Waals surface area contributed by atoms with Gasteiger partial charge in [-0.05, 0) is 31.2 Å². The number of benzene rings is 1. The van der Waals surface area contributed by atoms with E-state index in [0.29, 0.717) is 24.6 Å². The highest BCUT2D eigenvalue weighted by Gasteiger charge is 2.13. The van der Waals surface area contributed by atoms with Crippen molar-refractivity contribution >= 4 is 11.8 Å². The number of anilines is 2. The third kappa shape index (κ3) is 6.58. The van der Waals surface area contributed by atoms with Crippen LogP contribution in [-0.4, -0.2) is 34.3 Å². The largest absolute Gasteiger partial charge is 0.488 e. The quantitative estimate of drug-likeness (QED) is 0.543. The molecule has 136 valence electrons. The van der Waals surface area contributed by atoms with E-state index in [2.05, 4.69) is 34.3 Å². The molecule has 1 atom stereocenters. The summed E-state index contributed by atoms with van der Waals surface area (Å²) in [5, 5.41) is 12.6. The molecule has 0 radical (unpaired) electrons. The molecule has 1 aromatic heterocycles. The predicted octanol–water partition coefficient (Wildman–Crippen LogP) is 3.03. The topological polar surface area (TPSA) is 93.3 Å². The van der Waals surface area contributed by atoms with Crippen LogP contribution in [0, 0.1) is 0 Å². The third-order valence-corrected chi connectivity index (χ3v) is 3.94. The highest BCUT2D eigenvalue weighted by molar-refractivity contribution is 5.51. The number of nitrogen functional groups attached to an aromatic ring is 1. The summed E-state index contributed by atoms with van der Waals surface area (Å²) in [5.41, 5.74) is 7.01. The maximum absolute atomic E-state index is 9.22. The molecular formula is C19H28N4O2. The zero-order valence-electron chi connectivity index (χ0n) is 14.8. The molecule has 25 heavy (non-hydrogen) atoms. The SMILES string of the molecule is CCC[C@@H](CCO)Nc1nc(N)ncc1OCCCc1ccccc1. The zero-order valence-corrected chi connectivity index (χ0v) is 14.8. The van der Waals surface area contributed by atoms with E-state index < -0.39 is 0 Å². The fourth-order valence-corrected chi connectivity index (χ4v) is 2.68. The molecule has 1 heterocycles. The molecule has 0 fully saturated rings. The molecule has 4 N–H and O–H groups in total. The second-order valence-corrected chi connectivity index (χ2v) is 6.02. The van der Waals surface area contributed by atoms with Crippen molar-refractivity contribution in [1.29, 1.82) is 0 Å². The molecule has 0 spiro atoms. The first-order valence-electron chi connectivity index (χ1n) is 8.89. The van der Waals surface area contributed by atoms with Crippen molar-refractivity contribution in [2.24, 2.45) is 0 Å². The van der Waals surface area contributed by atoms with Gasteiger partial charge in [0.2, 0.25) is 5.95 Å². The fraction of sp³-hybridized carbons (Fsp3) is 0.474. The van der Waals surface area contributed by atoms with Crippen LogP contribution in [-0.2, 0) is 6.42 Å². The van der Waals surface area contributed by atoms with Gasteiger partial charge >= 0.3 is 0 Å². The number of ether oxygens (including phenoxy) is 1. The monoisotopic (exact) mass is 344 g/mol. The number of aliphatic hydroxyl groups excluding tert-OH is 1. The summed E-state index contributed by atoms with van der Waals surface area (Å²) in [6.07, 6.45) is 6.09. The number of nitrogens with zero attached hydrogens (tertiary/aromatic N) is 2. The van der Waals surface area contributed by atoms with Crippen LogP contribution in [0.5, 0.6) is 5.75 Å². The molecule has 0 unspecified atom stereocenters. The molecule has 6 heteroatoms. The molecule has 0 amide bonds. The van der Waals surface area contributed by atoms with Crippen LogP contribution in [0.3, 0.4) is 0 Å². The summed E-state index contributed by atoms with van der Waals surface area (Å²) in [6.45, 7) is 2.82. The number of hydrogen-bond acceptors (Lipinski definition) is 6. The Morgan fingerprint density at radius 3 is 2.76 bits per heavy atom. The summed E-state index contributed by atoms with van der Waals surface area (Å²) in [6, 6.07) is 10.5. The number of aliphatic hydroxyl groups is 1. The summed E-state index contributed by atoms with van der Waals surface area (Å²) >= 11 is 0. The second kappa shape index (κ2) is 10.5. The van der Waals surface area contributed by atoms with E-state index in [4.69, 9.17) is 10.5 Å². The number of aryl methyl sites for hydroxylation is 1. The first kappa shape index (κ1) is 19.0. The Hall–Kier alpha value is -2.34. The average Bonchev–Trinajstić information content (AvgIpc) is 2.61. The molecule has 0 bridgehead atoms. The lowest BCUT2D eigenvalue weighted by molar-refractivity contribution is 0.276. The molecule has 0 aliphatic carbocycles. The standard InChI is InChI=1S/C19H28N4O2/c1-2-7-16(11-12-24)22-18-17(14-21-19(20)23-18)25-13-6-10-15-8-4-3-5-9-15/h3-5,8-9,14,16,24H,2,6-7,10-13H2,1H3,(H3,20,21,22,23)/t16-/m0/s1. The fourth-order valence-electron chi connectivity index (χ4n) is 2.68. The van der Waals surface area contributed by atoms with Crippen LogP contribution in [0.25, 0.3) is 0 Å². The summed E-state index contributed by atoms with van der Waals surface area (Å²) in [7, 11) is 0. The van der Waals surface area contributed by atoms with Gasteiger partial charge in [-0.25, -0.2) is 4.98 Å². The van der Waals surface area contributed by atoms with Gasteiger partial charge < -0.3 is 20.9 Å². The van der Waals surface area contributed by atoms with Gasteiger partial charge in [0.15, 0.2) is 11.6 Å². The molecule has 0 saturated carbocycles. The van der Waals surface area contributed by atoms with Crippen molar-refractivity contribution in [2.45, 2.75) is 45.1 Å². The van der Waals surface area contributed by atoms with E-state index in [1.165, 1.54) is 5.56 Å². The van der Waals surface area contributed by atoms with Gasteiger partial charge in [-0.15, -0.1) is 0 Å². The number of nitrogens with one attached hydrogen (secondary N) is 1. The van der Waals surface area contributed by atoms with Gasteiger partial charge in [0.1, 0.15) is 0 Å². The van der Waals surface area contributed by atoms with Crippen molar-refractivity contribution in [3.05, 3.63) is 42.1 Å². The van der Waals surface area contributed by atoms with Gasteiger partial charge in [0, 0.05) is 12.6 Å². The highest BCUT2D eigenvalue weighted by atomic mass is 16.5. The van der Waals surface area contributed by atoms with E-state index in [9.17, 15) is 5.11 Å². The summed E-state index contributed by atoms with van der Waals surface area (Å²) in [5.74, 6) is 1.40. The molecule has 6 nitrogen and oxygen atoms in total. The second-order valence-electron chi connectivity index (χ2n) is 6.02. The smallest absolute Gasteiger partial charge is 0.222 e. The Balaban J connectivity index is 1.92. The van der Waals surface area contributed by atoms with Gasteiger partial charge in [0.05, 0.1) is 12.8 Å². The van der Waals surface area contributed by atoms with Crippen molar-refractivity contribution in [3.8, 4) is 5.75 Å². The Morgan fingerprint density at radius 1 is 1.24 bits per heavy atom. The first-order chi connectivity index (χ1) is 12.2. The maximum Gasteiger partial charge on any atom is 0.222 e. The molecule has 2 aromatic rings. The minimum atomic E-state index is 0.130. The van der Waals surface area contributed by atoms with Crippen LogP contribution in [0.15, 0.2) is 36.5 Å². The summed E-state index contributed by atoms with van der Waals surface area (Å²) < 4.78 is 5.87. The van der Waals surface area contributed by atoms with E-state index >= 15 is 0 Å². The minimum Gasteiger partial charge on any atom is -0.488 e. The van der Waals surface area contributed by atoms with Crippen LogP contribution < -0.4 is 15.8 Å². The molecule has 0 aliphatic rings. The van der Waals surface area contributed by atoms with Crippen LogP contribution in [0.4, 0.5) is 11.8 Å². The van der Waals surface area contributed by atoms with E-state index in [-0.39, 0.29) is 18.6 Å². The molecule has 2 rings (SSSR count). The zero-order chi connectivity index (χ0) is 17.9. The van der Waals surface area contributed by atoms with Crippen molar-refractivity contribution in [1.82, 2.24) is 9.97 Å². The number of hydrogen-bond donors (Lipinski definition) is 3. The first-order valence-corrected chi connectivity index (χ1v) is 8.89. The minimum absolute atomic E-state index is 0.130. The molecular weight excluding hydrogens is 316 g/mol. The van der Waals surface area contributed by atoms with Crippen molar-refractivity contribution < 1.29 is 9.84 Å². The molecule has 0 saturated heterocycles. The van der Waals surface area contributed by atoms with E-state index in [0.717, 1.165) is 25.7 Å². The molecule has 0 aliphatic heterocycles. The van der Waals surface area contributed by atoms with Crippen molar-refractivity contribution in [2.75, 3.05) is 24.3 Å². The normalized spacial score (nSPS) is 11.9.